The van der Waals surface area contributed by atoms with Gasteiger partial charge in [0, 0.05) is 24.0 Å². The van der Waals surface area contributed by atoms with Crippen molar-refractivity contribution in [2.24, 2.45) is 0 Å². The standard InChI is InChI=1S/C14H16N2.2ClH/c1-11-3-6-14(10-16-11)13-7-4-12(5-8-13)9-15-2;;/h3-8,10,15H,9H2,1-2H3;2*1H. The van der Waals surface area contributed by atoms with Crippen molar-refractivity contribution in [2.75, 3.05) is 7.05 Å². The fraction of sp³-hybridized carbons (Fsp3) is 0.214. The molecule has 0 saturated heterocycles. The second-order valence-electron chi connectivity index (χ2n) is 3.92. The number of hydrogen-bond acceptors (Lipinski definition) is 2. The van der Waals surface area contributed by atoms with Crippen LogP contribution in [-0.4, -0.2) is 12.0 Å². The van der Waals surface area contributed by atoms with E-state index in [2.05, 4.69) is 40.6 Å². The summed E-state index contributed by atoms with van der Waals surface area (Å²) in [6.07, 6.45) is 1.92. The van der Waals surface area contributed by atoms with Crippen LogP contribution in [0, 0.1) is 6.92 Å². The van der Waals surface area contributed by atoms with Crippen LogP contribution < -0.4 is 5.32 Å². The molecule has 1 aromatic carbocycles. The zero-order valence-electron chi connectivity index (χ0n) is 10.5. The zero-order chi connectivity index (χ0) is 11.4. The van der Waals surface area contributed by atoms with Crippen LogP contribution in [0.25, 0.3) is 11.1 Å². The first-order valence-electron chi connectivity index (χ1n) is 5.46. The molecule has 98 valence electrons. The maximum atomic E-state index is 4.30. The lowest BCUT2D eigenvalue weighted by atomic mass is 10.1. The number of aryl methyl sites for hydroxylation is 1. The molecule has 0 aliphatic rings. The molecule has 0 radical (unpaired) electrons. The average Bonchev–Trinajstić information content (AvgIpc) is 2.32. The number of nitrogens with one attached hydrogen (secondary N) is 1. The Balaban J connectivity index is 0.00000144. The topological polar surface area (TPSA) is 24.9 Å². The number of pyridine rings is 1. The highest BCUT2D eigenvalue weighted by Crippen LogP contribution is 2.18. The number of aromatic nitrogens is 1. The molecule has 1 aromatic heterocycles. The van der Waals surface area contributed by atoms with E-state index in [4.69, 9.17) is 0 Å². The molecule has 0 fully saturated rings. The van der Waals surface area contributed by atoms with Crippen LogP contribution in [0.4, 0.5) is 0 Å². The van der Waals surface area contributed by atoms with E-state index in [1.54, 1.807) is 0 Å². The van der Waals surface area contributed by atoms with Crippen molar-refractivity contribution in [1.29, 1.82) is 0 Å². The fourth-order valence-corrected chi connectivity index (χ4v) is 1.66. The molecule has 0 unspecified atom stereocenters. The molecule has 2 aromatic rings. The van der Waals surface area contributed by atoms with E-state index in [9.17, 15) is 0 Å². The van der Waals surface area contributed by atoms with Crippen LogP contribution in [0.5, 0.6) is 0 Å². The largest absolute Gasteiger partial charge is 0.316 e. The van der Waals surface area contributed by atoms with Crippen molar-refractivity contribution in [2.45, 2.75) is 13.5 Å². The molecular weight excluding hydrogens is 267 g/mol. The van der Waals surface area contributed by atoms with E-state index in [-0.39, 0.29) is 24.8 Å². The second kappa shape index (κ2) is 8.09. The molecule has 1 N–H and O–H groups in total. The minimum Gasteiger partial charge on any atom is -0.316 e. The second-order valence-corrected chi connectivity index (χ2v) is 3.92. The molecule has 0 aliphatic heterocycles. The quantitative estimate of drug-likeness (QED) is 0.931. The summed E-state index contributed by atoms with van der Waals surface area (Å²) in [5, 5.41) is 3.14. The van der Waals surface area contributed by atoms with Gasteiger partial charge >= 0.3 is 0 Å². The first-order chi connectivity index (χ1) is 7.79. The third kappa shape index (κ3) is 4.30. The summed E-state index contributed by atoms with van der Waals surface area (Å²) in [5.74, 6) is 0. The minimum atomic E-state index is 0. The van der Waals surface area contributed by atoms with Gasteiger partial charge in [0.05, 0.1) is 0 Å². The van der Waals surface area contributed by atoms with E-state index >= 15 is 0 Å². The Kier molecular flexibility index (Phi) is 7.60. The maximum absolute atomic E-state index is 4.30. The van der Waals surface area contributed by atoms with Crippen molar-refractivity contribution in [3.05, 3.63) is 53.9 Å². The van der Waals surface area contributed by atoms with Crippen LogP contribution in [0.15, 0.2) is 42.6 Å². The van der Waals surface area contributed by atoms with Crippen LogP contribution in [0.1, 0.15) is 11.3 Å². The van der Waals surface area contributed by atoms with Crippen molar-refractivity contribution < 1.29 is 0 Å². The van der Waals surface area contributed by atoms with Crippen LogP contribution in [0.3, 0.4) is 0 Å². The minimum absolute atomic E-state index is 0. The molecule has 1 heterocycles. The Morgan fingerprint density at radius 2 is 1.56 bits per heavy atom. The smallest absolute Gasteiger partial charge is 0.0373 e. The Labute approximate surface area is 121 Å². The summed E-state index contributed by atoms with van der Waals surface area (Å²) in [7, 11) is 1.96. The number of halogens is 2. The van der Waals surface area contributed by atoms with Gasteiger partial charge in [0.2, 0.25) is 0 Å². The maximum Gasteiger partial charge on any atom is 0.0373 e. The van der Waals surface area contributed by atoms with Gasteiger partial charge in [-0.25, -0.2) is 0 Å². The van der Waals surface area contributed by atoms with E-state index in [0.717, 1.165) is 12.2 Å². The first-order valence-corrected chi connectivity index (χ1v) is 5.46. The summed E-state index contributed by atoms with van der Waals surface area (Å²) in [5.41, 5.74) is 4.73. The summed E-state index contributed by atoms with van der Waals surface area (Å²) in [6, 6.07) is 12.7. The van der Waals surface area contributed by atoms with Gasteiger partial charge < -0.3 is 5.32 Å². The Hall–Kier alpha value is -1.09. The monoisotopic (exact) mass is 284 g/mol. The Bertz CT molecular complexity index is 452. The van der Waals surface area contributed by atoms with Gasteiger partial charge in [0.15, 0.2) is 0 Å². The highest BCUT2D eigenvalue weighted by Gasteiger charge is 1.98. The highest BCUT2D eigenvalue weighted by atomic mass is 35.5. The van der Waals surface area contributed by atoms with Crippen LogP contribution in [0.2, 0.25) is 0 Å². The van der Waals surface area contributed by atoms with Gasteiger partial charge in [-0.15, -0.1) is 24.8 Å². The normalized spacial score (nSPS) is 9.22. The number of nitrogens with zero attached hydrogens (tertiary/aromatic N) is 1. The molecule has 0 bridgehead atoms. The summed E-state index contributed by atoms with van der Waals surface area (Å²) < 4.78 is 0. The van der Waals surface area contributed by atoms with Gasteiger partial charge in [-0.3, -0.25) is 4.98 Å². The summed E-state index contributed by atoms with van der Waals surface area (Å²) in [4.78, 5) is 4.30. The molecule has 0 saturated carbocycles. The lowest BCUT2D eigenvalue weighted by Crippen LogP contribution is -2.04. The predicted molar refractivity (Wildman–Crippen MR) is 81.7 cm³/mol. The molecule has 0 amide bonds. The van der Waals surface area contributed by atoms with Gasteiger partial charge in [-0.2, -0.15) is 0 Å². The van der Waals surface area contributed by atoms with Crippen molar-refractivity contribution in [3.8, 4) is 11.1 Å². The third-order valence-electron chi connectivity index (χ3n) is 2.58. The Morgan fingerprint density at radius 1 is 0.944 bits per heavy atom. The lowest BCUT2D eigenvalue weighted by Gasteiger charge is -2.04. The van der Waals surface area contributed by atoms with Crippen molar-refractivity contribution >= 4 is 24.8 Å². The molecule has 2 nitrogen and oxygen atoms in total. The van der Waals surface area contributed by atoms with Gasteiger partial charge in [-0.1, -0.05) is 30.3 Å². The molecule has 2 rings (SSSR count). The predicted octanol–water partition coefficient (Wildman–Crippen LogP) is 3.62. The van der Waals surface area contributed by atoms with Gasteiger partial charge in [0.25, 0.3) is 0 Å². The molecule has 0 spiro atoms. The van der Waals surface area contributed by atoms with Crippen molar-refractivity contribution in [1.82, 2.24) is 10.3 Å². The summed E-state index contributed by atoms with van der Waals surface area (Å²) in [6.45, 7) is 2.91. The first kappa shape index (κ1) is 16.9. The average molecular weight is 285 g/mol. The van der Waals surface area contributed by atoms with Gasteiger partial charge in [-0.05, 0) is 31.2 Å². The van der Waals surface area contributed by atoms with Crippen LogP contribution >= 0.6 is 24.8 Å². The SMILES string of the molecule is CNCc1ccc(-c2ccc(C)nc2)cc1.Cl.Cl. The number of benzene rings is 1. The van der Waals surface area contributed by atoms with E-state index < -0.39 is 0 Å². The number of rotatable bonds is 3. The molecule has 0 aliphatic carbocycles. The number of hydrogen-bond donors (Lipinski definition) is 1. The molecule has 4 heteroatoms. The molecule has 0 atom stereocenters. The van der Waals surface area contributed by atoms with E-state index in [0.29, 0.717) is 0 Å². The highest BCUT2D eigenvalue weighted by molar-refractivity contribution is 5.85. The zero-order valence-corrected chi connectivity index (χ0v) is 12.1. The summed E-state index contributed by atoms with van der Waals surface area (Å²) >= 11 is 0. The fourth-order valence-electron chi connectivity index (χ4n) is 1.66. The molecule has 18 heavy (non-hydrogen) atoms. The third-order valence-corrected chi connectivity index (χ3v) is 2.58. The van der Waals surface area contributed by atoms with E-state index in [1.807, 2.05) is 26.2 Å². The Morgan fingerprint density at radius 3 is 2.06 bits per heavy atom. The van der Waals surface area contributed by atoms with E-state index in [1.165, 1.54) is 16.7 Å². The lowest BCUT2D eigenvalue weighted by molar-refractivity contribution is 0.818. The molecular formula is C14H18Cl2N2. The van der Waals surface area contributed by atoms with Crippen molar-refractivity contribution in [3.63, 3.8) is 0 Å². The van der Waals surface area contributed by atoms with Crippen LogP contribution in [-0.2, 0) is 6.54 Å². The van der Waals surface area contributed by atoms with Gasteiger partial charge in [0.1, 0.15) is 0 Å².